The van der Waals surface area contributed by atoms with Gasteiger partial charge in [-0.1, -0.05) is 54.6 Å². The van der Waals surface area contributed by atoms with E-state index in [1.165, 1.54) is 101 Å². The van der Waals surface area contributed by atoms with Gasteiger partial charge < -0.3 is 23.7 Å². The Kier molecular flexibility index (Phi) is 27.9. The van der Waals surface area contributed by atoms with Crippen LogP contribution in [0.4, 0.5) is 0 Å². The van der Waals surface area contributed by atoms with Crippen molar-refractivity contribution in [1.29, 1.82) is 0 Å². The maximum atomic E-state index is 6.17. The number of pyridine rings is 2. The van der Waals surface area contributed by atoms with E-state index >= 15 is 0 Å². The predicted octanol–water partition coefficient (Wildman–Crippen LogP) is 17.0. The maximum absolute atomic E-state index is 6.17. The molecule has 3 aromatic carbocycles. The number of benzene rings is 3. The van der Waals surface area contributed by atoms with E-state index in [2.05, 4.69) is 214 Å². The summed E-state index contributed by atoms with van der Waals surface area (Å²) in [7, 11) is 0. The standard InChI is InChI=1S/3C16H25NO.2C15H24N2O/c3*1-13-8-5-6-10-15(13)18-14-9-7-11-17(12-14)16(2,3)4;2*1-12-7-8-13(10-16-12)18-14-6-5-9-17(11-14)15(2,3)4/h3*5-6,8,10,14H,7,9,11-12H2,1-4H3;2*7-8,10,14H,5-6,9,11H2,1-4H3. The van der Waals surface area contributed by atoms with Crippen LogP contribution in [0, 0.1) is 34.6 Å². The van der Waals surface area contributed by atoms with Crippen LogP contribution in [0.15, 0.2) is 109 Å². The molecule has 0 radical (unpaired) electrons. The molecule has 0 amide bonds. The summed E-state index contributed by atoms with van der Waals surface area (Å²) in [6.07, 6.45) is 17.1. The Labute approximate surface area is 548 Å². The molecule has 0 N–H and O–H groups in total. The van der Waals surface area contributed by atoms with Gasteiger partial charge in [-0.3, -0.25) is 34.5 Å². The van der Waals surface area contributed by atoms with Gasteiger partial charge in [-0.15, -0.1) is 0 Å². The molecular weight excluding hydrogens is 1110 g/mol. The highest BCUT2D eigenvalue weighted by Gasteiger charge is 2.33. The Morgan fingerprint density at radius 2 is 0.522 bits per heavy atom. The Hall–Kier alpha value is -5.24. The quantitative estimate of drug-likeness (QED) is 0.133. The lowest BCUT2D eigenvalue weighted by atomic mass is 9.99. The van der Waals surface area contributed by atoms with Crippen LogP contribution >= 0.6 is 0 Å². The van der Waals surface area contributed by atoms with E-state index in [4.69, 9.17) is 23.7 Å². The lowest BCUT2D eigenvalue weighted by Crippen LogP contribution is -2.50. The SMILES string of the molecule is Cc1ccc(OC2CCCN(C(C)(C)C)C2)cn1.Cc1ccc(OC2CCCN(C(C)(C)C)C2)cn1.Cc1ccccc1OC1CCCN(C(C)(C)C)C1.Cc1ccccc1OC1CCCN(C(C)(C)C)C1.Cc1ccccc1OC1CCCN(C(C)(C)C)C1. The first kappa shape index (κ1) is 73.8. The minimum atomic E-state index is 0.230. The molecule has 5 unspecified atom stereocenters. The van der Waals surface area contributed by atoms with Gasteiger partial charge in [0.25, 0.3) is 0 Å². The molecule has 10 rings (SSSR count). The highest BCUT2D eigenvalue weighted by Crippen LogP contribution is 2.30. The monoisotopic (exact) mass is 1240 g/mol. The lowest BCUT2D eigenvalue weighted by molar-refractivity contribution is 0.0344. The van der Waals surface area contributed by atoms with Crippen LogP contribution in [0.2, 0.25) is 0 Å². The van der Waals surface area contributed by atoms with Gasteiger partial charge in [0.1, 0.15) is 59.3 Å². The van der Waals surface area contributed by atoms with E-state index in [0.717, 1.165) is 85.7 Å². The number of nitrogens with zero attached hydrogens (tertiary/aromatic N) is 7. The van der Waals surface area contributed by atoms with Crippen LogP contribution in [0.3, 0.4) is 0 Å². The second-order valence-corrected chi connectivity index (χ2v) is 31.1. The molecule has 5 aliphatic rings. The summed E-state index contributed by atoms with van der Waals surface area (Å²) in [6, 6.07) is 32.9. The Balaban J connectivity index is 0.000000179. The van der Waals surface area contributed by atoms with E-state index in [9.17, 15) is 0 Å². The first-order valence-corrected chi connectivity index (χ1v) is 34.4. The molecule has 5 aliphatic heterocycles. The first-order chi connectivity index (χ1) is 42.3. The van der Waals surface area contributed by atoms with Crippen molar-refractivity contribution in [3.05, 3.63) is 138 Å². The third kappa shape index (κ3) is 25.3. The molecular formula is C78H123N7O5. The number of ether oxygens (including phenoxy) is 5. The van der Waals surface area contributed by atoms with Gasteiger partial charge in [-0.2, -0.15) is 0 Å². The van der Waals surface area contributed by atoms with Crippen LogP contribution < -0.4 is 23.7 Å². The average molecular weight is 1240 g/mol. The summed E-state index contributed by atoms with van der Waals surface area (Å²) in [5.41, 5.74) is 6.93. The van der Waals surface area contributed by atoms with Crippen molar-refractivity contribution in [2.45, 2.75) is 261 Å². The van der Waals surface area contributed by atoms with Crippen molar-refractivity contribution in [1.82, 2.24) is 34.5 Å². The van der Waals surface area contributed by atoms with Crippen LogP contribution in [-0.2, 0) is 0 Å². The summed E-state index contributed by atoms with van der Waals surface area (Å²) in [4.78, 5) is 21.1. The summed E-state index contributed by atoms with van der Waals surface area (Å²) in [5.74, 6) is 4.90. The zero-order chi connectivity index (χ0) is 65.9. The van der Waals surface area contributed by atoms with Gasteiger partial charge in [-0.25, -0.2) is 0 Å². The second-order valence-electron chi connectivity index (χ2n) is 31.1. The fourth-order valence-electron chi connectivity index (χ4n) is 12.3. The third-order valence-corrected chi connectivity index (χ3v) is 18.2. The largest absolute Gasteiger partial charge is 0.489 e. The lowest BCUT2D eigenvalue weighted by Gasteiger charge is -2.41. The molecule has 5 fully saturated rings. The first-order valence-electron chi connectivity index (χ1n) is 34.4. The van der Waals surface area contributed by atoms with Gasteiger partial charge in [0.15, 0.2) is 0 Å². The van der Waals surface area contributed by atoms with E-state index in [1.54, 1.807) is 0 Å². The molecule has 90 heavy (non-hydrogen) atoms. The maximum Gasteiger partial charge on any atom is 0.138 e. The van der Waals surface area contributed by atoms with Gasteiger partial charge in [-0.05, 0) is 295 Å². The number of para-hydroxylation sites is 3. The van der Waals surface area contributed by atoms with Crippen molar-refractivity contribution >= 4 is 0 Å². The van der Waals surface area contributed by atoms with Crippen molar-refractivity contribution < 1.29 is 23.7 Å². The number of piperidine rings is 5. The smallest absolute Gasteiger partial charge is 0.138 e. The second kappa shape index (κ2) is 34.1. The van der Waals surface area contributed by atoms with Crippen molar-refractivity contribution in [3.63, 3.8) is 0 Å². The van der Waals surface area contributed by atoms with Crippen LogP contribution in [-0.4, -0.2) is 158 Å². The highest BCUT2D eigenvalue weighted by atomic mass is 16.5. The third-order valence-electron chi connectivity index (χ3n) is 18.2. The summed E-state index contributed by atoms with van der Waals surface area (Å²) in [5, 5.41) is 0. The molecule has 12 heteroatoms. The number of rotatable bonds is 10. The van der Waals surface area contributed by atoms with Crippen molar-refractivity contribution in [2.75, 3.05) is 65.4 Å². The number of hydrogen-bond donors (Lipinski definition) is 0. The molecule has 0 spiro atoms. The highest BCUT2D eigenvalue weighted by molar-refractivity contribution is 5.34. The zero-order valence-corrected chi connectivity index (χ0v) is 60.1. The Bertz CT molecular complexity index is 2580. The van der Waals surface area contributed by atoms with E-state index in [1.807, 2.05) is 68.7 Å². The Morgan fingerprint density at radius 1 is 0.300 bits per heavy atom. The normalized spacial score (nSPS) is 21.9. The van der Waals surface area contributed by atoms with Gasteiger partial charge in [0.2, 0.25) is 0 Å². The van der Waals surface area contributed by atoms with Crippen molar-refractivity contribution in [3.8, 4) is 28.7 Å². The molecule has 7 heterocycles. The molecule has 2 aromatic heterocycles. The van der Waals surface area contributed by atoms with Crippen LogP contribution in [0.5, 0.6) is 28.7 Å². The molecule has 5 atom stereocenters. The summed E-state index contributed by atoms with van der Waals surface area (Å²) in [6.45, 7) is 55.5. The minimum absolute atomic E-state index is 0.230. The zero-order valence-electron chi connectivity index (χ0n) is 60.1. The Morgan fingerprint density at radius 3 is 0.722 bits per heavy atom. The topological polar surface area (TPSA) is 88.1 Å². The fourth-order valence-corrected chi connectivity index (χ4v) is 12.3. The molecule has 5 saturated heterocycles. The minimum Gasteiger partial charge on any atom is -0.489 e. The van der Waals surface area contributed by atoms with Gasteiger partial charge in [0, 0.05) is 71.8 Å². The number of hydrogen-bond acceptors (Lipinski definition) is 12. The average Bonchev–Trinajstić information content (AvgIpc) is 1.22. The van der Waals surface area contributed by atoms with Gasteiger partial charge in [0.05, 0.1) is 12.4 Å². The van der Waals surface area contributed by atoms with Crippen molar-refractivity contribution in [2.24, 2.45) is 0 Å². The molecule has 500 valence electrons. The molecule has 12 nitrogen and oxygen atoms in total. The number of aryl methyl sites for hydroxylation is 5. The van der Waals surface area contributed by atoms with E-state index in [-0.39, 0.29) is 27.7 Å². The molecule has 0 aliphatic carbocycles. The van der Waals surface area contributed by atoms with Crippen LogP contribution in [0.25, 0.3) is 0 Å². The number of aromatic nitrogens is 2. The van der Waals surface area contributed by atoms with E-state index < -0.39 is 0 Å². The summed E-state index contributed by atoms with van der Waals surface area (Å²) >= 11 is 0. The molecule has 5 aromatic rings. The molecule has 0 saturated carbocycles. The van der Waals surface area contributed by atoms with E-state index in [0.29, 0.717) is 30.5 Å². The van der Waals surface area contributed by atoms with Crippen LogP contribution in [0.1, 0.15) is 196 Å². The predicted molar refractivity (Wildman–Crippen MR) is 376 cm³/mol. The number of likely N-dealkylation sites (tertiary alicyclic amines) is 5. The summed E-state index contributed by atoms with van der Waals surface area (Å²) < 4.78 is 30.6. The fraction of sp³-hybridized carbons (Fsp3) is 0.641. The van der Waals surface area contributed by atoms with Gasteiger partial charge >= 0.3 is 0 Å². The molecule has 0 bridgehead atoms.